The second-order valence-electron chi connectivity index (χ2n) is 5.83. The van der Waals surface area contributed by atoms with Crippen molar-refractivity contribution in [2.75, 3.05) is 0 Å². The van der Waals surface area contributed by atoms with Gasteiger partial charge < -0.3 is 10.6 Å². The summed E-state index contributed by atoms with van der Waals surface area (Å²) in [6, 6.07) is 8.10. The summed E-state index contributed by atoms with van der Waals surface area (Å²) in [5.74, 6) is 0.0372. The zero-order valence-corrected chi connectivity index (χ0v) is 12.0. The lowest BCUT2D eigenvalue weighted by Gasteiger charge is -2.23. The van der Waals surface area contributed by atoms with Gasteiger partial charge in [0, 0.05) is 12.1 Å². The van der Waals surface area contributed by atoms with E-state index < -0.39 is 0 Å². The van der Waals surface area contributed by atoms with Gasteiger partial charge in [-0.1, -0.05) is 29.8 Å². The van der Waals surface area contributed by atoms with Crippen molar-refractivity contribution in [1.82, 2.24) is 10.6 Å². The molecule has 1 amide bonds. The standard InChI is InChI=1S/C15H24N2O/c1-11-7-6-8-13(9-11)10-16-12(2)14(18)17-15(3,4)5/h6-9,12,16H,10H2,1-5H3,(H,17,18)/t12-/m1/s1. The monoisotopic (exact) mass is 248 g/mol. The first kappa shape index (κ1) is 14.7. The summed E-state index contributed by atoms with van der Waals surface area (Å²) in [5.41, 5.74) is 2.25. The van der Waals surface area contributed by atoms with Gasteiger partial charge in [-0.2, -0.15) is 0 Å². The van der Waals surface area contributed by atoms with Crippen LogP contribution in [-0.4, -0.2) is 17.5 Å². The topological polar surface area (TPSA) is 41.1 Å². The summed E-state index contributed by atoms with van der Waals surface area (Å²) in [4.78, 5) is 11.9. The molecule has 0 spiro atoms. The SMILES string of the molecule is Cc1cccc(CN[C@H](C)C(=O)NC(C)(C)C)c1. The van der Waals surface area contributed by atoms with E-state index in [4.69, 9.17) is 0 Å². The maximum Gasteiger partial charge on any atom is 0.237 e. The molecule has 0 aliphatic carbocycles. The minimum absolute atomic E-state index is 0.0372. The van der Waals surface area contributed by atoms with Gasteiger partial charge >= 0.3 is 0 Å². The fraction of sp³-hybridized carbons (Fsp3) is 0.533. The largest absolute Gasteiger partial charge is 0.350 e. The Morgan fingerprint density at radius 1 is 1.33 bits per heavy atom. The minimum atomic E-state index is -0.190. The molecule has 1 atom stereocenters. The van der Waals surface area contributed by atoms with Gasteiger partial charge in [0.1, 0.15) is 0 Å². The number of rotatable bonds is 4. The highest BCUT2D eigenvalue weighted by Gasteiger charge is 2.18. The number of hydrogen-bond acceptors (Lipinski definition) is 2. The summed E-state index contributed by atoms with van der Waals surface area (Å²) in [5, 5.41) is 6.20. The van der Waals surface area contributed by atoms with Gasteiger partial charge in [-0.25, -0.2) is 0 Å². The van der Waals surface area contributed by atoms with Crippen LogP contribution in [0.4, 0.5) is 0 Å². The highest BCUT2D eigenvalue weighted by atomic mass is 16.2. The fourth-order valence-corrected chi connectivity index (χ4v) is 1.66. The average Bonchev–Trinajstić information content (AvgIpc) is 2.23. The maximum absolute atomic E-state index is 11.9. The molecule has 3 nitrogen and oxygen atoms in total. The Morgan fingerprint density at radius 3 is 2.56 bits per heavy atom. The Bertz CT molecular complexity index is 407. The molecule has 100 valence electrons. The van der Waals surface area contributed by atoms with Crippen LogP contribution in [0.25, 0.3) is 0 Å². The van der Waals surface area contributed by atoms with Gasteiger partial charge in [0.25, 0.3) is 0 Å². The van der Waals surface area contributed by atoms with Crippen molar-refractivity contribution in [2.45, 2.75) is 52.7 Å². The van der Waals surface area contributed by atoms with Crippen LogP contribution in [0, 0.1) is 6.92 Å². The molecule has 0 aromatic heterocycles. The lowest BCUT2D eigenvalue weighted by molar-refractivity contribution is -0.124. The van der Waals surface area contributed by atoms with E-state index in [9.17, 15) is 4.79 Å². The molecule has 1 aromatic carbocycles. The number of hydrogen-bond donors (Lipinski definition) is 2. The van der Waals surface area contributed by atoms with Crippen molar-refractivity contribution in [3.63, 3.8) is 0 Å². The molecule has 0 bridgehead atoms. The molecule has 3 heteroatoms. The number of benzene rings is 1. The van der Waals surface area contributed by atoms with Crippen LogP contribution in [-0.2, 0) is 11.3 Å². The molecule has 0 aliphatic rings. The summed E-state index contributed by atoms with van der Waals surface area (Å²) < 4.78 is 0. The molecule has 0 heterocycles. The second-order valence-corrected chi connectivity index (χ2v) is 5.83. The first-order chi connectivity index (χ1) is 8.28. The highest BCUT2D eigenvalue weighted by molar-refractivity contribution is 5.81. The second kappa shape index (κ2) is 6.01. The van der Waals surface area contributed by atoms with Crippen LogP contribution in [0.1, 0.15) is 38.8 Å². The molecule has 0 saturated carbocycles. The molecule has 18 heavy (non-hydrogen) atoms. The number of carbonyl (C=O) groups excluding carboxylic acids is 1. The predicted octanol–water partition coefficient (Wildman–Crippen LogP) is 2.39. The minimum Gasteiger partial charge on any atom is -0.350 e. The lowest BCUT2D eigenvalue weighted by atomic mass is 10.1. The molecule has 1 rings (SSSR count). The van der Waals surface area contributed by atoms with Crippen LogP contribution in [0.3, 0.4) is 0 Å². The molecule has 0 radical (unpaired) electrons. The van der Waals surface area contributed by atoms with E-state index in [1.807, 2.05) is 33.8 Å². The first-order valence-corrected chi connectivity index (χ1v) is 6.39. The summed E-state index contributed by atoms with van der Waals surface area (Å²) in [6.45, 7) is 10.6. The number of amides is 1. The Balaban J connectivity index is 2.46. The third kappa shape index (κ3) is 5.32. The van der Waals surface area contributed by atoms with Crippen molar-refractivity contribution in [2.24, 2.45) is 0 Å². The van der Waals surface area contributed by atoms with Gasteiger partial charge in [0.05, 0.1) is 6.04 Å². The van der Waals surface area contributed by atoms with Gasteiger partial charge in [0.2, 0.25) is 5.91 Å². The Hall–Kier alpha value is -1.35. The van der Waals surface area contributed by atoms with Gasteiger partial charge in [-0.15, -0.1) is 0 Å². The van der Waals surface area contributed by atoms with Crippen LogP contribution in [0.15, 0.2) is 24.3 Å². The molecular weight excluding hydrogens is 224 g/mol. The number of aryl methyl sites for hydroxylation is 1. The Morgan fingerprint density at radius 2 is 2.00 bits per heavy atom. The van der Waals surface area contributed by atoms with Gasteiger partial charge in [-0.3, -0.25) is 4.79 Å². The van der Waals surface area contributed by atoms with Crippen molar-refractivity contribution in [3.8, 4) is 0 Å². The molecule has 0 unspecified atom stereocenters. The maximum atomic E-state index is 11.9. The first-order valence-electron chi connectivity index (χ1n) is 6.39. The van der Waals surface area contributed by atoms with Crippen molar-refractivity contribution in [1.29, 1.82) is 0 Å². The van der Waals surface area contributed by atoms with Crippen molar-refractivity contribution < 1.29 is 4.79 Å². The van der Waals surface area contributed by atoms with E-state index in [-0.39, 0.29) is 17.5 Å². The smallest absolute Gasteiger partial charge is 0.237 e. The quantitative estimate of drug-likeness (QED) is 0.859. The van der Waals surface area contributed by atoms with Crippen LogP contribution in [0.2, 0.25) is 0 Å². The predicted molar refractivity (Wildman–Crippen MR) is 75.4 cm³/mol. The number of nitrogens with one attached hydrogen (secondary N) is 2. The normalized spacial score (nSPS) is 13.2. The van der Waals surface area contributed by atoms with Gasteiger partial charge in [0.15, 0.2) is 0 Å². The van der Waals surface area contributed by atoms with Crippen LogP contribution < -0.4 is 10.6 Å². The molecule has 0 saturated heterocycles. The highest BCUT2D eigenvalue weighted by Crippen LogP contribution is 2.04. The fourth-order valence-electron chi connectivity index (χ4n) is 1.66. The molecule has 2 N–H and O–H groups in total. The Kier molecular flexibility index (Phi) is 4.91. The summed E-state index contributed by atoms with van der Waals surface area (Å²) >= 11 is 0. The van der Waals surface area contributed by atoms with Crippen LogP contribution in [0.5, 0.6) is 0 Å². The van der Waals surface area contributed by atoms with E-state index >= 15 is 0 Å². The van der Waals surface area contributed by atoms with Crippen molar-refractivity contribution >= 4 is 5.91 Å². The van der Waals surface area contributed by atoms with E-state index in [0.717, 1.165) is 0 Å². The number of carbonyl (C=O) groups is 1. The van der Waals surface area contributed by atoms with E-state index in [1.165, 1.54) is 11.1 Å². The molecule has 0 aliphatic heterocycles. The third-order valence-corrected chi connectivity index (χ3v) is 2.59. The van der Waals surface area contributed by atoms with Crippen LogP contribution >= 0.6 is 0 Å². The molecule has 0 fully saturated rings. The Labute approximate surface area is 110 Å². The third-order valence-electron chi connectivity index (χ3n) is 2.59. The van der Waals surface area contributed by atoms with Crippen molar-refractivity contribution in [3.05, 3.63) is 35.4 Å². The van der Waals surface area contributed by atoms with E-state index in [1.54, 1.807) is 0 Å². The van der Waals surface area contributed by atoms with Gasteiger partial charge in [-0.05, 0) is 40.2 Å². The zero-order chi connectivity index (χ0) is 13.8. The lowest BCUT2D eigenvalue weighted by Crippen LogP contribution is -2.49. The average molecular weight is 248 g/mol. The summed E-state index contributed by atoms with van der Waals surface area (Å²) in [6.07, 6.45) is 0. The zero-order valence-electron chi connectivity index (χ0n) is 12.0. The summed E-state index contributed by atoms with van der Waals surface area (Å²) in [7, 11) is 0. The van der Waals surface area contributed by atoms with E-state index in [0.29, 0.717) is 6.54 Å². The molecular formula is C15H24N2O. The van der Waals surface area contributed by atoms with E-state index in [2.05, 4.69) is 35.8 Å². The molecule has 1 aromatic rings.